The number of aromatic nitrogens is 5. The average molecular weight is 481 g/mol. The highest BCUT2D eigenvalue weighted by atomic mass is 32.1. The maximum Gasteiger partial charge on any atom is 0.256 e. The van der Waals surface area contributed by atoms with E-state index in [0.717, 1.165) is 27.0 Å². The molecule has 2 aromatic carbocycles. The molecule has 170 valence electrons. The van der Waals surface area contributed by atoms with Crippen molar-refractivity contribution >= 4 is 38.9 Å². The number of rotatable bonds is 4. The van der Waals surface area contributed by atoms with Gasteiger partial charge in [-0.2, -0.15) is 5.10 Å². The molecule has 6 aromatic rings. The number of halogens is 1. The molecule has 0 unspecified atom stereocenters. The zero-order valence-corrected chi connectivity index (χ0v) is 19.3. The van der Waals surface area contributed by atoms with Crippen LogP contribution < -0.4 is 5.32 Å². The van der Waals surface area contributed by atoms with E-state index in [1.54, 1.807) is 53.6 Å². The quantitative estimate of drug-likeness (QED) is 0.346. The minimum absolute atomic E-state index is 0.268. The molecule has 0 spiro atoms. The van der Waals surface area contributed by atoms with E-state index in [-0.39, 0.29) is 11.7 Å². The summed E-state index contributed by atoms with van der Waals surface area (Å²) in [7, 11) is 0. The topological polar surface area (TPSA) is 85.1 Å². The number of carbonyl (C=O) groups excluding carboxylic acids is 1. The normalized spacial score (nSPS) is 11.3. The number of aryl methyl sites for hydroxylation is 1. The molecule has 1 amide bonds. The van der Waals surface area contributed by atoms with E-state index >= 15 is 0 Å². The van der Waals surface area contributed by atoms with E-state index in [2.05, 4.69) is 20.4 Å². The van der Waals surface area contributed by atoms with Crippen molar-refractivity contribution in [2.45, 2.75) is 6.92 Å². The molecule has 4 heterocycles. The van der Waals surface area contributed by atoms with Crippen LogP contribution in [-0.2, 0) is 0 Å². The lowest BCUT2D eigenvalue weighted by Crippen LogP contribution is -2.12. The third-order valence-corrected chi connectivity index (χ3v) is 6.48. The van der Waals surface area contributed by atoms with Crippen molar-refractivity contribution in [3.05, 3.63) is 95.5 Å². The van der Waals surface area contributed by atoms with Crippen LogP contribution in [0.15, 0.2) is 78.6 Å². The van der Waals surface area contributed by atoms with Crippen LogP contribution in [0.1, 0.15) is 15.9 Å². The van der Waals surface area contributed by atoms with Gasteiger partial charge in [0.05, 0.1) is 21.4 Å². The van der Waals surface area contributed by atoms with Gasteiger partial charge in [0, 0.05) is 29.1 Å². The predicted molar refractivity (Wildman–Crippen MR) is 134 cm³/mol. The van der Waals surface area contributed by atoms with Crippen LogP contribution >= 0.6 is 11.3 Å². The second-order valence-electron chi connectivity index (χ2n) is 7.99. The molecule has 0 fully saturated rings. The van der Waals surface area contributed by atoms with Gasteiger partial charge in [-0.25, -0.2) is 23.9 Å². The summed E-state index contributed by atoms with van der Waals surface area (Å²) in [5.41, 5.74) is 7.21. The number of hydrogen-bond donors (Lipinski definition) is 1. The molecule has 0 saturated carbocycles. The molecule has 9 heteroatoms. The number of thiazole rings is 1. The monoisotopic (exact) mass is 480 g/mol. The fourth-order valence-corrected chi connectivity index (χ4v) is 4.69. The first-order valence-corrected chi connectivity index (χ1v) is 11.7. The molecular formula is C26H17FN6OS. The number of imidazole rings is 1. The highest BCUT2D eigenvalue weighted by Crippen LogP contribution is 2.33. The third kappa shape index (κ3) is 3.81. The first kappa shape index (κ1) is 21.1. The van der Waals surface area contributed by atoms with Gasteiger partial charge in [0.15, 0.2) is 5.65 Å². The molecule has 0 bridgehead atoms. The number of benzene rings is 2. The summed E-state index contributed by atoms with van der Waals surface area (Å²) in [5.74, 6) is -0.151. The van der Waals surface area contributed by atoms with E-state index in [1.165, 1.54) is 17.4 Å². The molecule has 7 nitrogen and oxygen atoms in total. The second-order valence-corrected chi connectivity index (χ2v) is 8.87. The fraction of sp³-hybridized carbons (Fsp3) is 0.0385. The Morgan fingerprint density at radius 2 is 1.91 bits per heavy atom. The molecule has 35 heavy (non-hydrogen) atoms. The number of hydrogen-bond acceptors (Lipinski definition) is 6. The lowest BCUT2D eigenvalue weighted by Gasteiger charge is -2.09. The maximum absolute atomic E-state index is 13.9. The summed E-state index contributed by atoms with van der Waals surface area (Å²) < 4.78 is 16.6. The van der Waals surface area contributed by atoms with Gasteiger partial charge in [-0.05, 0) is 73.2 Å². The maximum atomic E-state index is 13.9. The molecular weight excluding hydrogens is 463 g/mol. The Morgan fingerprint density at radius 3 is 2.80 bits per heavy atom. The van der Waals surface area contributed by atoms with Gasteiger partial charge in [0.2, 0.25) is 0 Å². The Morgan fingerprint density at radius 1 is 1.00 bits per heavy atom. The Kier molecular flexibility index (Phi) is 5.04. The Labute approximate surface area is 202 Å². The van der Waals surface area contributed by atoms with E-state index in [4.69, 9.17) is 4.98 Å². The van der Waals surface area contributed by atoms with Gasteiger partial charge >= 0.3 is 0 Å². The largest absolute Gasteiger partial charge is 0.307 e. The number of fused-ring (bicyclic) bond motifs is 2. The first-order chi connectivity index (χ1) is 17.1. The van der Waals surface area contributed by atoms with Crippen LogP contribution in [0, 0.1) is 12.7 Å². The van der Waals surface area contributed by atoms with Gasteiger partial charge in [-0.3, -0.25) is 4.79 Å². The highest BCUT2D eigenvalue weighted by molar-refractivity contribution is 7.16. The van der Waals surface area contributed by atoms with Gasteiger partial charge in [-0.1, -0.05) is 0 Å². The average Bonchev–Trinajstić information content (AvgIpc) is 3.50. The molecule has 0 saturated heterocycles. The van der Waals surface area contributed by atoms with Crippen molar-refractivity contribution in [2.24, 2.45) is 0 Å². The zero-order valence-electron chi connectivity index (χ0n) is 18.4. The second kappa shape index (κ2) is 8.37. The van der Waals surface area contributed by atoms with Crippen LogP contribution in [0.4, 0.5) is 10.2 Å². The van der Waals surface area contributed by atoms with E-state index in [9.17, 15) is 9.18 Å². The van der Waals surface area contributed by atoms with E-state index in [1.807, 2.05) is 30.3 Å². The molecule has 1 N–H and O–H groups in total. The smallest absolute Gasteiger partial charge is 0.256 e. The van der Waals surface area contributed by atoms with Crippen LogP contribution in [0.3, 0.4) is 0 Å². The molecule has 0 aliphatic rings. The van der Waals surface area contributed by atoms with Crippen molar-refractivity contribution in [2.75, 3.05) is 5.32 Å². The molecule has 0 aliphatic heterocycles. The van der Waals surface area contributed by atoms with Gasteiger partial charge < -0.3 is 5.32 Å². The molecule has 4 aromatic heterocycles. The fourth-order valence-electron chi connectivity index (χ4n) is 3.97. The van der Waals surface area contributed by atoms with Crippen LogP contribution in [0.2, 0.25) is 0 Å². The molecule has 0 aliphatic carbocycles. The number of carbonyl (C=O) groups is 1. The summed E-state index contributed by atoms with van der Waals surface area (Å²) in [5, 5.41) is 7.35. The minimum Gasteiger partial charge on any atom is -0.307 e. The lowest BCUT2D eigenvalue weighted by molar-refractivity contribution is 0.102. The predicted octanol–water partition coefficient (Wildman–Crippen LogP) is 5.77. The van der Waals surface area contributed by atoms with E-state index < -0.39 is 0 Å². The summed E-state index contributed by atoms with van der Waals surface area (Å²) in [6, 6.07) is 17.6. The number of anilines is 1. The first-order valence-electron chi connectivity index (χ1n) is 10.8. The van der Waals surface area contributed by atoms with Gasteiger partial charge in [0.25, 0.3) is 5.91 Å². The van der Waals surface area contributed by atoms with Gasteiger partial charge in [0.1, 0.15) is 17.3 Å². The molecule has 0 atom stereocenters. The van der Waals surface area contributed by atoms with Crippen molar-refractivity contribution in [3.8, 4) is 22.5 Å². The number of pyridine rings is 1. The molecule has 6 rings (SSSR count). The van der Waals surface area contributed by atoms with Crippen LogP contribution in [-0.4, -0.2) is 30.5 Å². The number of nitrogens with zero attached hydrogens (tertiary/aromatic N) is 5. The SMILES string of the molecule is Cc1cc(-c2nc3cccnn3c2-c2ccnc(NC(=O)c3ccc4ncsc4c3)c2)ccc1F. The van der Waals surface area contributed by atoms with Gasteiger partial charge in [-0.15, -0.1) is 11.3 Å². The van der Waals surface area contributed by atoms with Crippen molar-refractivity contribution in [3.63, 3.8) is 0 Å². The van der Waals surface area contributed by atoms with Crippen LogP contribution in [0.5, 0.6) is 0 Å². The zero-order chi connectivity index (χ0) is 23.9. The summed E-state index contributed by atoms with van der Waals surface area (Å²) in [6.45, 7) is 1.72. The summed E-state index contributed by atoms with van der Waals surface area (Å²) in [4.78, 5) is 26.3. The third-order valence-electron chi connectivity index (χ3n) is 5.69. The Hall–Kier alpha value is -4.50. The van der Waals surface area contributed by atoms with Crippen molar-refractivity contribution < 1.29 is 9.18 Å². The standard InChI is InChI=1S/C26H17FN6OS/c1-15-11-16(4-6-19(15)27)24-25(33-23(32-24)3-2-9-30-33)17-8-10-28-22(13-17)31-26(34)18-5-7-20-21(12-18)35-14-29-20/h2-14H,1H3,(H,28,31,34). The lowest BCUT2D eigenvalue weighted by atomic mass is 10.0. The minimum atomic E-state index is -0.275. The number of amides is 1. The molecule has 0 radical (unpaired) electrons. The van der Waals surface area contributed by atoms with Crippen molar-refractivity contribution in [1.82, 2.24) is 24.6 Å². The van der Waals surface area contributed by atoms with Crippen molar-refractivity contribution in [1.29, 1.82) is 0 Å². The number of nitrogens with one attached hydrogen (secondary N) is 1. The highest BCUT2D eigenvalue weighted by Gasteiger charge is 2.19. The summed E-state index contributed by atoms with van der Waals surface area (Å²) in [6.07, 6.45) is 3.30. The van der Waals surface area contributed by atoms with Crippen LogP contribution in [0.25, 0.3) is 38.4 Å². The Bertz CT molecular complexity index is 1740. The Balaban J connectivity index is 1.41. The summed E-state index contributed by atoms with van der Waals surface area (Å²) >= 11 is 1.48. The van der Waals surface area contributed by atoms with E-state index in [0.29, 0.717) is 28.3 Å².